The van der Waals surface area contributed by atoms with E-state index in [0.717, 1.165) is 11.6 Å². The summed E-state index contributed by atoms with van der Waals surface area (Å²) in [6.45, 7) is 1.25. The molecule has 0 unspecified atom stereocenters. The van der Waals surface area contributed by atoms with Crippen LogP contribution in [0, 0.1) is 45.3 Å². The normalized spacial score (nSPS) is 22.1. The Labute approximate surface area is 195 Å². The molecule has 0 amide bonds. The van der Waals surface area contributed by atoms with Crippen molar-refractivity contribution in [1.29, 1.82) is 15.8 Å². The molecule has 2 N–H and O–H groups in total. The fourth-order valence-corrected chi connectivity index (χ4v) is 5.08. The van der Waals surface area contributed by atoms with Crippen LogP contribution in [0.2, 0.25) is 0 Å². The van der Waals surface area contributed by atoms with Crippen molar-refractivity contribution in [2.45, 2.75) is 18.6 Å². The van der Waals surface area contributed by atoms with E-state index in [0.29, 0.717) is 18.7 Å². The molecule has 8 heteroatoms. The number of alkyl halides is 3. The Morgan fingerprint density at radius 3 is 2.26 bits per heavy atom. The molecule has 0 saturated carbocycles. The van der Waals surface area contributed by atoms with Gasteiger partial charge in [0.25, 0.3) is 0 Å². The monoisotopic (exact) mass is 459 g/mol. The minimum Gasteiger partial charge on any atom is -0.399 e. The van der Waals surface area contributed by atoms with E-state index in [1.165, 1.54) is 18.2 Å². The number of nitrogens with two attached hydrogens (primary N) is 1. The summed E-state index contributed by atoms with van der Waals surface area (Å²) in [4.78, 5) is 2.03. The van der Waals surface area contributed by atoms with E-state index in [1.54, 1.807) is 6.08 Å². The lowest BCUT2D eigenvalue weighted by molar-refractivity contribution is -0.138. The number of fused-ring (bicyclic) bond motifs is 1. The molecule has 170 valence electrons. The van der Waals surface area contributed by atoms with Crippen molar-refractivity contribution in [3.05, 3.63) is 94.2 Å². The summed E-state index contributed by atoms with van der Waals surface area (Å²) in [6.07, 6.45) is -2.91. The molecule has 2 aliphatic rings. The zero-order valence-electron chi connectivity index (χ0n) is 18.0. The van der Waals surface area contributed by atoms with Gasteiger partial charge >= 0.3 is 6.18 Å². The Morgan fingerprint density at radius 2 is 1.65 bits per heavy atom. The predicted octanol–water partition coefficient (Wildman–Crippen LogP) is 4.63. The SMILES string of the molecule is N#CC1=C(N)C(C#N)(C#N)[C@@H](c2ccccc2C(F)(F)F)[C@H]2CN(Cc3ccccc3)CC=C12. The largest absolute Gasteiger partial charge is 0.416 e. The molecule has 0 aromatic heterocycles. The minimum atomic E-state index is -4.69. The van der Waals surface area contributed by atoms with E-state index in [2.05, 4.69) is 0 Å². The van der Waals surface area contributed by atoms with Crippen molar-refractivity contribution >= 4 is 0 Å². The molecule has 1 aliphatic heterocycles. The minimum absolute atomic E-state index is 0.00759. The fraction of sp³-hybridized carbons (Fsp3) is 0.269. The number of hydrogen-bond acceptors (Lipinski definition) is 5. The summed E-state index contributed by atoms with van der Waals surface area (Å²) in [6, 6.07) is 20.4. The Bertz CT molecular complexity index is 1270. The molecule has 2 aromatic rings. The molecule has 2 aromatic carbocycles. The average molecular weight is 459 g/mol. The first-order valence-corrected chi connectivity index (χ1v) is 10.6. The van der Waals surface area contributed by atoms with Crippen LogP contribution in [0.3, 0.4) is 0 Å². The lowest BCUT2D eigenvalue weighted by Crippen LogP contribution is -2.48. The standard InChI is InChI=1S/C26H20F3N5/c27-26(28,29)22-9-5-4-8-19(22)23-21-14-34(13-17-6-2-1-3-7-17)11-10-18(21)20(12-30)24(33)25(23,15-31)16-32/h1-10,21,23H,11,13-14,33H2/t21-,23-/m0/s1. The molecule has 4 rings (SSSR count). The number of hydrogen-bond donors (Lipinski definition) is 1. The van der Waals surface area contributed by atoms with E-state index >= 15 is 0 Å². The van der Waals surface area contributed by atoms with Crippen LogP contribution in [0.1, 0.15) is 22.6 Å². The van der Waals surface area contributed by atoms with Gasteiger partial charge in [-0.3, -0.25) is 4.90 Å². The Morgan fingerprint density at radius 1 is 1.00 bits per heavy atom. The van der Waals surface area contributed by atoms with Gasteiger partial charge in [-0.1, -0.05) is 54.6 Å². The summed E-state index contributed by atoms with van der Waals surface area (Å²) in [7, 11) is 0. The lowest BCUT2D eigenvalue weighted by Gasteiger charge is -2.46. The van der Waals surface area contributed by atoms with E-state index in [-0.39, 0.29) is 23.4 Å². The Kier molecular flexibility index (Phi) is 5.92. The summed E-state index contributed by atoms with van der Waals surface area (Å²) < 4.78 is 42.0. The van der Waals surface area contributed by atoms with Crippen molar-refractivity contribution in [2.75, 3.05) is 13.1 Å². The van der Waals surface area contributed by atoms with Gasteiger partial charge in [0.05, 0.1) is 29.0 Å². The fourth-order valence-electron chi connectivity index (χ4n) is 5.08. The van der Waals surface area contributed by atoms with E-state index in [9.17, 15) is 29.0 Å². The second kappa shape index (κ2) is 8.71. The van der Waals surface area contributed by atoms with Gasteiger partial charge in [-0.25, -0.2) is 0 Å². The second-order valence-corrected chi connectivity index (χ2v) is 8.44. The smallest absolute Gasteiger partial charge is 0.399 e. The van der Waals surface area contributed by atoms with Gasteiger partial charge in [0, 0.05) is 31.5 Å². The summed E-state index contributed by atoms with van der Waals surface area (Å²) in [5.74, 6) is -1.91. The van der Waals surface area contributed by atoms with Gasteiger partial charge in [0.15, 0.2) is 5.41 Å². The molecule has 0 fully saturated rings. The number of rotatable bonds is 3. The molecule has 1 aliphatic carbocycles. The molecule has 0 radical (unpaired) electrons. The van der Waals surface area contributed by atoms with Crippen LogP contribution in [0.5, 0.6) is 0 Å². The average Bonchev–Trinajstić information content (AvgIpc) is 2.84. The highest BCUT2D eigenvalue weighted by Gasteiger charge is 2.56. The molecule has 34 heavy (non-hydrogen) atoms. The molecule has 2 atom stereocenters. The number of allylic oxidation sites excluding steroid dienone is 2. The van der Waals surface area contributed by atoms with Crippen LogP contribution in [0.15, 0.2) is 77.5 Å². The number of nitriles is 3. The van der Waals surface area contributed by atoms with Gasteiger partial charge in [-0.15, -0.1) is 0 Å². The predicted molar refractivity (Wildman–Crippen MR) is 118 cm³/mol. The zero-order valence-corrected chi connectivity index (χ0v) is 18.0. The second-order valence-electron chi connectivity index (χ2n) is 8.44. The first-order valence-electron chi connectivity index (χ1n) is 10.6. The lowest BCUT2D eigenvalue weighted by atomic mass is 9.57. The van der Waals surface area contributed by atoms with Crippen LogP contribution < -0.4 is 5.73 Å². The highest BCUT2D eigenvalue weighted by Crippen LogP contribution is 2.55. The molecule has 0 saturated heterocycles. The van der Waals surface area contributed by atoms with E-state index in [1.807, 2.05) is 53.4 Å². The third-order valence-corrected chi connectivity index (χ3v) is 6.59. The maximum Gasteiger partial charge on any atom is 0.416 e. The van der Waals surface area contributed by atoms with Gasteiger partial charge in [-0.05, 0) is 22.8 Å². The molecular weight excluding hydrogens is 439 g/mol. The summed E-state index contributed by atoms with van der Waals surface area (Å²) >= 11 is 0. The van der Waals surface area contributed by atoms with Gasteiger partial charge in [0.1, 0.15) is 6.07 Å². The van der Waals surface area contributed by atoms with Gasteiger partial charge < -0.3 is 5.73 Å². The number of benzene rings is 2. The van der Waals surface area contributed by atoms with Crippen LogP contribution in [-0.2, 0) is 12.7 Å². The molecular formula is C26H20F3N5. The van der Waals surface area contributed by atoms with Crippen molar-refractivity contribution in [1.82, 2.24) is 4.90 Å². The molecule has 0 bridgehead atoms. The third-order valence-electron chi connectivity index (χ3n) is 6.59. The van der Waals surface area contributed by atoms with Gasteiger partial charge in [0.2, 0.25) is 0 Å². The quantitative estimate of drug-likeness (QED) is 0.721. The Balaban J connectivity index is 1.92. The summed E-state index contributed by atoms with van der Waals surface area (Å²) in [5.41, 5.74) is 4.24. The highest BCUT2D eigenvalue weighted by molar-refractivity contribution is 5.60. The van der Waals surface area contributed by atoms with Crippen LogP contribution in [-0.4, -0.2) is 18.0 Å². The zero-order chi connectivity index (χ0) is 24.5. The topological polar surface area (TPSA) is 101 Å². The van der Waals surface area contributed by atoms with Crippen LogP contribution in [0.4, 0.5) is 13.2 Å². The third kappa shape index (κ3) is 3.71. The van der Waals surface area contributed by atoms with Gasteiger partial charge in [-0.2, -0.15) is 29.0 Å². The molecule has 1 heterocycles. The van der Waals surface area contributed by atoms with Crippen molar-refractivity contribution in [2.24, 2.45) is 17.1 Å². The van der Waals surface area contributed by atoms with Crippen LogP contribution in [0.25, 0.3) is 0 Å². The maximum atomic E-state index is 14.0. The molecule has 5 nitrogen and oxygen atoms in total. The summed E-state index contributed by atoms with van der Waals surface area (Å²) in [5, 5.41) is 30.1. The van der Waals surface area contributed by atoms with Crippen LogP contribution >= 0.6 is 0 Å². The van der Waals surface area contributed by atoms with Crippen molar-refractivity contribution in [3.8, 4) is 18.2 Å². The first-order chi connectivity index (χ1) is 16.3. The van der Waals surface area contributed by atoms with Crippen molar-refractivity contribution in [3.63, 3.8) is 0 Å². The molecule has 0 spiro atoms. The highest BCUT2D eigenvalue weighted by atomic mass is 19.4. The van der Waals surface area contributed by atoms with E-state index in [4.69, 9.17) is 5.73 Å². The van der Waals surface area contributed by atoms with Crippen molar-refractivity contribution < 1.29 is 13.2 Å². The Hall–Kier alpha value is -4.06. The maximum absolute atomic E-state index is 14.0. The number of halogens is 3. The first kappa shape index (κ1) is 23.1. The van der Waals surface area contributed by atoms with E-state index < -0.39 is 29.0 Å². The number of nitrogens with zero attached hydrogens (tertiary/aromatic N) is 4.